The molecule has 0 aliphatic carbocycles. The first-order valence-corrected chi connectivity index (χ1v) is 6.39. The average Bonchev–Trinajstić information content (AvgIpc) is 3.02. The van der Waals surface area contributed by atoms with E-state index in [4.69, 9.17) is 4.74 Å². The highest BCUT2D eigenvalue weighted by atomic mass is 19.3. The first kappa shape index (κ1) is 15.1. The molecule has 0 spiro atoms. The van der Waals surface area contributed by atoms with Gasteiger partial charge in [0, 0.05) is 19.8 Å². The predicted molar refractivity (Wildman–Crippen MR) is 67.8 cm³/mol. The molecule has 2 aromatic rings. The van der Waals surface area contributed by atoms with Crippen molar-refractivity contribution in [2.24, 2.45) is 7.05 Å². The van der Waals surface area contributed by atoms with Gasteiger partial charge in [0.2, 0.25) is 0 Å². The lowest BCUT2D eigenvalue weighted by Crippen LogP contribution is -2.12. The predicted octanol–water partition coefficient (Wildman–Crippen LogP) is 1.37. The Morgan fingerprint density at radius 3 is 2.81 bits per heavy atom. The molecule has 2 aromatic heterocycles. The van der Waals surface area contributed by atoms with Crippen LogP contribution in [0, 0.1) is 0 Å². The second-order valence-corrected chi connectivity index (χ2v) is 4.34. The number of halogens is 2. The van der Waals surface area contributed by atoms with E-state index in [1.54, 1.807) is 31.0 Å². The van der Waals surface area contributed by atoms with Gasteiger partial charge in [-0.2, -0.15) is 5.10 Å². The van der Waals surface area contributed by atoms with Gasteiger partial charge in [0.05, 0.1) is 12.8 Å². The number of carbonyl (C=O) groups excluding carboxylic acids is 1. The number of esters is 1. The number of ether oxygens (including phenoxy) is 1. The number of carbonyl (C=O) groups is 1. The molecule has 0 aliphatic rings. The monoisotopic (exact) mass is 299 g/mol. The molecule has 0 saturated carbocycles. The fourth-order valence-electron chi connectivity index (χ4n) is 1.88. The third-order valence-corrected chi connectivity index (χ3v) is 2.82. The maximum absolute atomic E-state index is 13.1. The van der Waals surface area contributed by atoms with Crippen LogP contribution >= 0.6 is 0 Å². The van der Waals surface area contributed by atoms with Gasteiger partial charge in [-0.1, -0.05) is 5.21 Å². The molecular weight excluding hydrogens is 284 g/mol. The van der Waals surface area contributed by atoms with Gasteiger partial charge in [-0.15, -0.1) is 5.10 Å². The van der Waals surface area contributed by atoms with Crippen LogP contribution in [0.2, 0.25) is 0 Å². The van der Waals surface area contributed by atoms with Crippen LogP contribution in [0.25, 0.3) is 0 Å². The number of aromatic nitrogens is 5. The molecule has 114 valence electrons. The standard InChI is InChI=1S/C12H15F2N5O2/c1-3-21-12(20)9-10(11(13)14)19(17-16-9)5-4-8-6-15-18(2)7-8/h6-7,11H,3-5H2,1-2H3. The fraction of sp³-hybridized carbons (Fsp3) is 0.500. The van der Waals surface area contributed by atoms with E-state index in [0.29, 0.717) is 6.42 Å². The molecule has 0 radical (unpaired) electrons. The Bertz CT molecular complexity index is 623. The van der Waals surface area contributed by atoms with Crippen molar-refractivity contribution in [3.63, 3.8) is 0 Å². The maximum atomic E-state index is 13.1. The molecule has 0 aromatic carbocycles. The van der Waals surface area contributed by atoms with E-state index in [1.807, 2.05) is 0 Å². The molecule has 2 heterocycles. The Labute approximate surface area is 119 Å². The minimum absolute atomic E-state index is 0.0874. The van der Waals surface area contributed by atoms with Crippen LogP contribution in [0.3, 0.4) is 0 Å². The fourth-order valence-corrected chi connectivity index (χ4v) is 1.88. The van der Waals surface area contributed by atoms with E-state index in [2.05, 4.69) is 15.4 Å². The van der Waals surface area contributed by atoms with Gasteiger partial charge in [-0.3, -0.25) is 4.68 Å². The van der Waals surface area contributed by atoms with Crippen LogP contribution in [-0.2, 0) is 24.8 Å². The van der Waals surface area contributed by atoms with E-state index in [-0.39, 0.29) is 13.2 Å². The Balaban J connectivity index is 2.17. The van der Waals surface area contributed by atoms with E-state index in [0.717, 1.165) is 10.2 Å². The molecule has 0 N–H and O–H groups in total. The average molecular weight is 299 g/mol. The lowest BCUT2D eigenvalue weighted by molar-refractivity contribution is 0.0506. The van der Waals surface area contributed by atoms with Gasteiger partial charge in [0.25, 0.3) is 6.43 Å². The summed E-state index contributed by atoms with van der Waals surface area (Å²) in [6.07, 6.45) is 1.03. The molecule has 0 amide bonds. The Morgan fingerprint density at radius 2 is 2.24 bits per heavy atom. The maximum Gasteiger partial charge on any atom is 0.361 e. The molecular formula is C12H15F2N5O2. The third kappa shape index (κ3) is 3.41. The molecule has 0 unspecified atom stereocenters. The summed E-state index contributed by atoms with van der Waals surface area (Å²) in [5.41, 5.74) is -0.0683. The van der Waals surface area contributed by atoms with Crippen molar-refractivity contribution in [3.05, 3.63) is 29.3 Å². The highest BCUT2D eigenvalue weighted by molar-refractivity contribution is 5.88. The first-order valence-electron chi connectivity index (χ1n) is 6.39. The van der Waals surface area contributed by atoms with Crippen molar-refractivity contribution in [2.75, 3.05) is 6.61 Å². The van der Waals surface area contributed by atoms with Crippen molar-refractivity contribution in [3.8, 4) is 0 Å². The van der Waals surface area contributed by atoms with E-state index in [1.165, 1.54) is 0 Å². The molecule has 2 rings (SSSR count). The van der Waals surface area contributed by atoms with Gasteiger partial charge in [0.15, 0.2) is 5.69 Å². The first-order chi connectivity index (χ1) is 10.0. The lowest BCUT2D eigenvalue weighted by atomic mass is 10.2. The Hall–Kier alpha value is -2.32. The number of aryl methyl sites for hydroxylation is 3. The third-order valence-electron chi connectivity index (χ3n) is 2.82. The number of hydrogen-bond acceptors (Lipinski definition) is 5. The molecule has 0 fully saturated rings. The quantitative estimate of drug-likeness (QED) is 0.753. The van der Waals surface area contributed by atoms with Crippen LogP contribution in [0.5, 0.6) is 0 Å². The van der Waals surface area contributed by atoms with E-state index >= 15 is 0 Å². The zero-order chi connectivity index (χ0) is 15.4. The van der Waals surface area contributed by atoms with Crippen LogP contribution in [-0.4, -0.2) is 37.4 Å². The summed E-state index contributed by atoms with van der Waals surface area (Å²) in [5.74, 6) is -0.888. The van der Waals surface area contributed by atoms with Crippen molar-refractivity contribution in [1.82, 2.24) is 24.8 Å². The highest BCUT2D eigenvalue weighted by Crippen LogP contribution is 2.22. The zero-order valence-corrected chi connectivity index (χ0v) is 11.7. The number of rotatable bonds is 6. The normalized spacial score (nSPS) is 11.1. The summed E-state index contributed by atoms with van der Waals surface area (Å²) in [7, 11) is 1.77. The Kier molecular flexibility index (Phi) is 4.61. The summed E-state index contributed by atoms with van der Waals surface area (Å²) in [6.45, 7) is 1.86. The molecule has 0 atom stereocenters. The van der Waals surface area contributed by atoms with Gasteiger partial charge >= 0.3 is 5.97 Å². The van der Waals surface area contributed by atoms with Crippen LogP contribution in [0.4, 0.5) is 8.78 Å². The number of hydrogen-bond donors (Lipinski definition) is 0. The summed E-state index contributed by atoms with van der Waals surface area (Å²) < 4.78 is 33.6. The van der Waals surface area contributed by atoms with Crippen molar-refractivity contribution >= 4 is 5.97 Å². The molecule has 0 saturated heterocycles. The highest BCUT2D eigenvalue weighted by Gasteiger charge is 2.27. The van der Waals surface area contributed by atoms with Crippen molar-refractivity contribution in [1.29, 1.82) is 0 Å². The summed E-state index contributed by atoms with van der Waals surface area (Å²) in [5, 5.41) is 11.1. The zero-order valence-electron chi connectivity index (χ0n) is 11.7. The van der Waals surface area contributed by atoms with Crippen LogP contribution < -0.4 is 0 Å². The lowest BCUT2D eigenvalue weighted by Gasteiger charge is -2.06. The second kappa shape index (κ2) is 6.42. The number of nitrogens with zero attached hydrogens (tertiary/aromatic N) is 5. The largest absolute Gasteiger partial charge is 0.461 e. The molecule has 0 aliphatic heterocycles. The topological polar surface area (TPSA) is 74.8 Å². The van der Waals surface area contributed by atoms with E-state index < -0.39 is 23.8 Å². The molecule has 0 bridgehead atoms. The second-order valence-electron chi connectivity index (χ2n) is 4.34. The summed E-state index contributed by atoms with van der Waals surface area (Å²) in [6, 6.07) is 0. The van der Waals surface area contributed by atoms with Gasteiger partial charge in [0.1, 0.15) is 5.69 Å². The van der Waals surface area contributed by atoms with E-state index in [9.17, 15) is 13.6 Å². The minimum Gasteiger partial charge on any atom is -0.461 e. The van der Waals surface area contributed by atoms with Crippen molar-refractivity contribution in [2.45, 2.75) is 26.3 Å². The smallest absolute Gasteiger partial charge is 0.361 e. The van der Waals surface area contributed by atoms with Crippen molar-refractivity contribution < 1.29 is 18.3 Å². The van der Waals surface area contributed by atoms with Gasteiger partial charge in [-0.05, 0) is 18.9 Å². The van der Waals surface area contributed by atoms with Crippen LogP contribution in [0.15, 0.2) is 12.4 Å². The van der Waals surface area contributed by atoms with Crippen LogP contribution in [0.1, 0.15) is 35.1 Å². The molecule has 21 heavy (non-hydrogen) atoms. The molecule has 7 nitrogen and oxygen atoms in total. The van der Waals surface area contributed by atoms with Gasteiger partial charge in [-0.25, -0.2) is 18.3 Å². The Morgan fingerprint density at radius 1 is 1.48 bits per heavy atom. The minimum atomic E-state index is -2.85. The number of alkyl halides is 2. The summed E-state index contributed by atoms with van der Waals surface area (Å²) >= 11 is 0. The van der Waals surface area contributed by atoms with Gasteiger partial charge < -0.3 is 4.74 Å². The molecule has 9 heteroatoms. The summed E-state index contributed by atoms with van der Waals surface area (Å²) in [4.78, 5) is 11.6. The SMILES string of the molecule is CCOC(=O)c1nnn(CCc2cnn(C)c2)c1C(F)F.